The molecule has 0 fully saturated rings. The fourth-order valence-electron chi connectivity index (χ4n) is 3.08. The average molecular weight is 435 g/mol. The number of aliphatic carboxylic acids is 1. The quantitative estimate of drug-likeness (QED) is 0.371. The molecule has 1 atom stereocenters. The Morgan fingerprint density at radius 2 is 1.32 bits per heavy atom. The first-order valence-corrected chi connectivity index (χ1v) is 11.3. The Bertz CT molecular complexity index is 848. The molecule has 0 heterocycles. The summed E-state index contributed by atoms with van der Waals surface area (Å²) < 4.78 is 1.15. The summed E-state index contributed by atoms with van der Waals surface area (Å²) in [6, 6.07) is 30.7. The monoisotopic (exact) mass is 436 g/mol. The van der Waals surface area contributed by atoms with E-state index in [1.165, 1.54) is 16.7 Å². The van der Waals surface area contributed by atoms with Gasteiger partial charge in [0.05, 0.1) is 0 Å². The zero-order chi connectivity index (χ0) is 19.6. The van der Waals surface area contributed by atoms with Crippen LogP contribution < -0.4 is 4.46 Å². The van der Waals surface area contributed by atoms with Crippen LogP contribution in [0.15, 0.2) is 97.1 Å². The molecule has 28 heavy (non-hydrogen) atoms. The van der Waals surface area contributed by atoms with E-state index in [0.29, 0.717) is 6.42 Å². The number of rotatable bonds is 9. The van der Waals surface area contributed by atoms with Crippen molar-refractivity contribution in [1.82, 2.24) is 0 Å². The maximum atomic E-state index is 11.7. The van der Waals surface area contributed by atoms with Gasteiger partial charge in [-0.25, -0.2) is 0 Å². The van der Waals surface area contributed by atoms with Crippen LogP contribution in [0.4, 0.5) is 0 Å². The molecule has 0 saturated heterocycles. The van der Waals surface area contributed by atoms with Crippen molar-refractivity contribution in [3.63, 3.8) is 0 Å². The van der Waals surface area contributed by atoms with E-state index in [1.807, 2.05) is 42.5 Å². The van der Waals surface area contributed by atoms with E-state index in [9.17, 15) is 9.90 Å². The van der Waals surface area contributed by atoms with Crippen molar-refractivity contribution in [1.29, 1.82) is 0 Å². The molecule has 3 aromatic rings. The first-order chi connectivity index (χ1) is 13.7. The molecule has 3 heteroatoms. The van der Waals surface area contributed by atoms with Crippen LogP contribution >= 0.6 is 0 Å². The van der Waals surface area contributed by atoms with Gasteiger partial charge >= 0.3 is 173 Å². The van der Waals surface area contributed by atoms with Gasteiger partial charge in [-0.3, -0.25) is 0 Å². The first-order valence-electron chi connectivity index (χ1n) is 9.49. The van der Waals surface area contributed by atoms with E-state index in [0.717, 1.165) is 17.3 Å². The molecule has 0 aliphatic heterocycles. The molecule has 0 aliphatic carbocycles. The molecule has 2 nitrogen and oxygen atoms in total. The van der Waals surface area contributed by atoms with Crippen molar-refractivity contribution in [3.8, 4) is 0 Å². The molecule has 3 aromatic carbocycles. The second-order valence-corrected chi connectivity index (χ2v) is 9.22. The van der Waals surface area contributed by atoms with Crippen molar-refractivity contribution in [2.75, 3.05) is 0 Å². The van der Waals surface area contributed by atoms with Gasteiger partial charge in [-0.15, -0.1) is 0 Å². The number of carboxylic acids is 1. The van der Waals surface area contributed by atoms with Gasteiger partial charge in [0.2, 0.25) is 0 Å². The van der Waals surface area contributed by atoms with E-state index in [2.05, 4.69) is 54.6 Å². The minimum absolute atomic E-state index is 0.0432. The van der Waals surface area contributed by atoms with Crippen LogP contribution in [0.1, 0.15) is 30.4 Å². The topological polar surface area (TPSA) is 37.3 Å². The van der Waals surface area contributed by atoms with Gasteiger partial charge in [0.25, 0.3) is 0 Å². The Balaban J connectivity index is 1.67. The molecule has 0 aromatic heterocycles. The summed E-state index contributed by atoms with van der Waals surface area (Å²) in [6.07, 6.45) is 4.69. The Labute approximate surface area is 173 Å². The van der Waals surface area contributed by atoms with Crippen molar-refractivity contribution in [2.45, 2.75) is 24.1 Å². The molecule has 0 radical (unpaired) electrons. The van der Waals surface area contributed by atoms with Crippen LogP contribution in [-0.2, 0) is 4.79 Å². The molecule has 0 bridgehead atoms. The molecule has 1 N–H and O–H groups in total. The summed E-state index contributed by atoms with van der Waals surface area (Å²) in [5.41, 5.74) is 3.59. The summed E-state index contributed by atoms with van der Waals surface area (Å²) in [5.74, 6) is -0.681. The predicted molar refractivity (Wildman–Crippen MR) is 117 cm³/mol. The SMILES string of the molecule is O=C(O)C(CCCC=C(c1ccccc1)c1ccccc1)[Se]c1ccccc1. The third kappa shape index (κ3) is 5.95. The number of hydrogen-bond acceptors (Lipinski definition) is 1. The second-order valence-electron chi connectivity index (χ2n) is 6.54. The van der Waals surface area contributed by atoms with E-state index in [-0.39, 0.29) is 19.8 Å². The van der Waals surface area contributed by atoms with Gasteiger partial charge in [0.15, 0.2) is 0 Å². The molecular formula is C25H24O2Se. The molecule has 1 unspecified atom stereocenters. The molecule has 0 spiro atoms. The minimum atomic E-state index is -0.681. The number of hydrogen-bond donors (Lipinski definition) is 1. The van der Waals surface area contributed by atoms with E-state index < -0.39 is 5.97 Å². The zero-order valence-corrected chi connectivity index (χ0v) is 17.4. The number of carbonyl (C=O) groups is 1. The maximum absolute atomic E-state index is 11.7. The molecule has 142 valence electrons. The first kappa shape index (κ1) is 20.1. The fourth-order valence-corrected chi connectivity index (χ4v) is 5.24. The van der Waals surface area contributed by atoms with Gasteiger partial charge in [-0.1, -0.05) is 0 Å². The van der Waals surface area contributed by atoms with Crippen LogP contribution in [0, 0.1) is 0 Å². The van der Waals surface area contributed by atoms with E-state index in [1.54, 1.807) is 0 Å². The average Bonchev–Trinajstić information content (AvgIpc) is 2.75. The Hall–Kier alpha value is -2.61. The van der Waals surface area contributed by atoms with Gasteiger partial charge in [-0.2, -0.15) is 0 Å². The summed E-state index contributed by atoms with van der Waals surface area (Å²) >= 11 is -0.0432. The number of unbranched alkanes of at least 4 members (excludes halogenated alkanes) is 1. The molecular weight excluding hydrogens is 411 g/mol. The third-order valence-electron chi connectivity index (χ3n) is 4.49. The number of benzene rings is 3. The van der Waals surface area contributed by atoms with Crippen LogP contribution in [0.5, 0.6) is 0 Å². The molecule has 3 rings (SSSR count). The standard InChI is InChI=1S/C25H24O2Se/c26-25(27)24(28-22-16-8-3-9-17-22)19-11-10-18-23(20-12-4-1-5-13-20)21-14-6-2-7-15-21/h1-9,12-18,24H,10-11,19H2,(H,26,27). The van der Waals surface area contributed by atoms with Gasteiger partial charge in [0, 0.05) is 0 Å². The summed E-state index contributed by atoms with van der Waals surface area (Å²) in [6.45, 7) is 0. The van der Waals surface area contributed by atoms with Gasteiger partial charge in [-0.05, 0) is 0 Å². The second kappa shape index (κ2) is 10.7. The van der Waals surface area contributed by atoms with Gasteiger partial charge in [0.1, 0.15) is 0 Å². The van der Waals surface area contributed by atoms with Gasteiger partial charge < -0.3 is 0 Å². The van der Waals surface area contributed by atoms with Crippen molar-refractivity contribution < 1.29 is 9.90 Å². The van der Waals surface area contributed by atoms with Crippen LogP contribution in [0.2, 0.25) is 4.82 Å². The van der Waals surface area contributed by atoms with Crippen LogP contribution in [0.3, 0.4) is 0 Å². The van der Waals surface area contributed by atoms with E-state index >= 15 is 0 Å². The Kier molecular flexibility index (Phi) is 7.66. The fraction of sp³-hybridized carbons (Fsp3) is 0.160. The Morgan fingerprint density at radius 3 is 1.82 bits per heavy atom. The van der Waals surface area contributed by atoms with Crippen molar-refractivity contribution >= 4 is 31.0 Å². The predicted octanol–water partition coefficient (Wildman–Crippen LogP) is 5.19. The zero-order valence-electron chi connectivity index (χ0n) is 15.7. The molecule has 0 saturated carbocycles. The van der Waals surface area contributed by atoms with Crippen molar-refractivity contribution in [3.05, 3.63) is 108 Å². The number of allylic oxidation sites excluding steroid dienone is 1. The summed E-state index contributed by atoms with van der Waals surface area (Å²) in [5, 5.41) is 9.60. The van der Waals surface area contributed by atoms with Crippen LogP contribution in [0.25, 0.3) is 5.57 Å². The summed E-state index contributed by atoms with van der Waals surface area (Å²) in [7, 11) is 0. The van der Waals surface area contributed by atoms with Crippen molar-refractivity contribution in [2.24, 2.45) is 0 Å². The van der Waals surface area contributed by atoms with E-state index in [4.69, 9.17) is 0 Å². The number of carboxylic acid groups (broad SMARTS) is 1. The molecule has 0 amide bonds. The Morgan fingerprint density at radius 1 is 0.821 bits per heavy atom. The third-order valence-corrected chi connectivity index (χ3v) is 7.14. The molecule has 0 aliphatic rings. The normalized spacial score (nSPS) is 11.6. The summed E-state index contributed by atoms with van der Waals surface area (Å²) in [4.78, 5) is 11.4. The van der Waals surface area contributed by atoms with Crippen LogP contribution in [-0.4, -0.2) is 26.0 Å².